The Morgan fingerprint density at radius 3 is 2.56 bits per heavy atom. The first kappa shape index (κ1) is 23.3. The van der Waals surface area contributed by atoms with Crippen molar-refractivity contribution in [3.63, 3.8) is 0 Å². The van der Waals surface area contributed by atoms with Crippen LogP contribution in [0.4, 0.5) is 0 Å². The molecule has 0 radical (unpaired) electrons. The highest BCUT2D eigenvalue weighted by Gasteiger charge is 2.42. The predicted octanol–water partition coefficient (Wildman–Crippen LogP) is 4.66. The Bertz CT molecular complexity index is 842. The van der Waals surface area contributed by atoms with Crippen LogP contribution in [-0.4, -0.2) is 53.8 Å². The van der Waals surface area contributed by atoms with E-state index in [2.05, 4.69) is 55.3 Å². The molecule has 0 saturated carbocycles. The molecule has 178 valence electrons. The highest BCUT2D eigenvalue weighted by Crippen LogP contribution is 2.48. The molecule has 2 amide bonds. The first-order chi connectivity index (χ1) is 15.2. The Balaban J connectivity index is 0.00000306. The van der Waals surface area contributed by atoms with Crippen LogP contribution in [0.25, 0.3) is 0 Å². The number of rotatable bonds is 5. The summed E-state index contributed by atoms with van der Waals surface area (Å²) in [4.78, 5) is 29.5. The summed E-state index contributed by atoms with van der Waals surface area (Å²) in [6, 6.07) is 8.41. The van der Waals surface area contributed by atoms with Crippen molar-refractivity contribution >= 4 is 11.8 Å². The van der Waals surface area contributed by atoms with E-state index < -0.39 is 0 Å². The summed E-state index contributed by atoms with van der Waals surface area (Å²) in [6.07, 6.45) is 7.17. The second-order valence-electron chi connectivity index (χ2n) is 11.5. The van der Waals surface area contributed by atoms with E-state index in [1.807, 2.05) is 6.92 Å². The van der Waals surface area contributed by atoms with E-state index in [1.54, 1.807) is 4.90 Å². The van der Waals surface area contributed by atoms with Crippen LogP contribution in [-0.2, 0) is 15.0 Å². The van der Waals surface area contributed by atoms with Crippen molar-refractivity contribution in [1.29, 1.82) is 0 Å². The summed E-state index contributed by atoms with van der Waals surface area (Å²) >= 11 is 0. The standard InChI is InChI=1S/C27H41N3O2.H2/c1-20(30-16-7-10-24(30)31)25(32)28-23-11-12-27(22-9-6-5-8-21(22)23)14-18-29(19-15-27)17-13-26(2,3)4;/h5-6,8-9,20,23H,7,10-19H2,1-4H3,(H,28,32);1H/t20-,23+;/m1./s1. The fraction of sp³-hybridized carbons (Fsp3) is 0.704. The van der Waals surface area contributed by atoms with Crippen molar-refractivity contribution in [3.8, 4) is 0 Å². The normalized spacial score (nSPS) is 24.4. The van der Waals surface area contributed by atoms with Crippen LogP contribution in [0.3, 0.4) is 0 Å². The fourth-order valence-corrected chi connectivity index (χ4v) is 5.87. The van der Waals surface area contributed by atoms with Gasteiger partial charge in [-0.05, 0) is 87.0 Å². The lowest BCUT2D eigenvalue weighted by Crippen LogP contribution is -2.49. The molecule has 0 aromatic heterocycles. The highest BCUT2D eigenvalue weighted by molar-refractivity contribution is 5.88. The molecule has 0 unspecified atom stereocenters. The molecule has 1 aromatic carbocycles. The van der Waals surface area contributed by atoms with E-state index in [0.29, 0.717) is 18.4 Å². The highest BCUT2D eigenvalue weighted by atomic mass is 16.2. The molecule has 3 aliphatic rings. The van der Waals surface area contributed by atoms with E-state index in [0.717, 1.165) is 32.4 Å². The molecular weight excluding hydrogens is 398 g/mol. The second kappa shape index (κ2) is 9.17. The van der Waals surface area contributed by atoms with Crippen molar-refractivity contribution in [2.45, 2.75) is 90.1 Å². The van der Waals surface area contributed by atoms with Crippen LogP contribution < -0.4 is 5.32 Å². The Hall–Kier alpha value is -1.88. The van der Waals surface area contributed by atoms with E-state index in [9.17, 15) is 9.59 Å². The fourth-order valence-electron chi connectivity index (χ4n) is 5.87. The zero-order valence-corrected chi connectivity index (χ0v) is 20.5. The van der Waals surface area contributed by atoms with Gasteiger partial charge in [-0.2, -0.15) is 0 Å². The maximum atomic E-state index is 13.0. The lowest BCUT2D eigenvalue weighted by molar-refractivity contribution is -0.137. The molecule has 5 nitrogen and oxygen atoms in total. The summed E-state index contributed by atoms with van der Waals surface area (Å²) in [6.45, 7) is 13.0. The number of hydrogen-bond donors (Lipinski definition) is 1. The van der Waals surface area contributed by atoms with Crippen molar-refractivity contribution in [2.24, 2.45) is 5.41 Å². The number of nitrogens with one attached hydrogen (secondary N) is 1. The van der Waals surface area contributed by atoms with Gasteiger partial charge in [-0.1, -0.05) is 45.0 Å². The first-order valence-corrected chi connectivity index (χ1v) is 12.6. The lowest BCUT2D eigenvalue weighted by Gasteiger charge is -2.47. The minimum absolute atomic E-state index is 0. The van der Waals surface area contributed by atoms with Gasteiger partial charge in [0.2, 0.25) is 11.8 Å². The molecule has 1 N–H and O–H groups in total. The number of carbonyl (C=O) groups is 2. The summed E-state index contributed by atoms with van der Waals surface area (Å²) in [5.74, 6) is 0.0851. The van der Waals surface area contributed by atoms with Gasteiger partial charge in [0.25, 0.3) is 0 Å². The summed E-state index contributed by atoms with van der Waals surface area (Å²) in [5.41, 5.74) is 3.36. The molecule has 2 fully saturated rings. The van der Waals surface area contributed by atoms with Crippen molar-refractivity contribution < 1.29 is 11.0 Å². The number of nitrogens with zero attached hydrogens (tertiary/aromatic N) is 2. The SMILES string of the molecule is C[C@H](C(=O)N[C@H]1CCC2(CCN(CCC(C)(C)C)CC2)c2ccccc21)N1CCCC1=O.[HH]. The number of benzene rings is 1. The minimum Gasteiger partial charge on any atom is -0.348 e. The smallest absolute Gasteiger partial charge is 0.242 e. The van der Waals surface area contributed by atoms with Crippen LogP contribution >= 0.6 is 0 Å². The Labute approximate surface area is 195 Å². The molecule has 2 saturated heterocycles. The zero-order chi connectivity index (χ0) is 22.9. The molecule has 2 atom stereocenters. The van der Waals surface area contributed by atoms with Gasteiger partial charge in [-0.25, -0.2) is 0 Å². The molecule has 1 aliphatic carbocycles. The Kier molecular flexibility index (Phi) is 6.67. The van der Waals surface area contributed by atoms with E-state index >= 15 is 0 Å². The Morgan fingerprint density at radius 2 is 1.91 bits per heavy atom. The maximum absolute atomic E-state index is 13.0. The molecule has 1 aromatic rings. The average Bonchev–Trinajstić information content (AvgIpc) is 3.20. The number of carbonyl (C=O) groups excluding carboxylic acids is 2. The number of amides is 2. The lowest BCUT2D eigenvalue weighted by atomic mass is 9.63. The predicted molar refractivity (Wildman–Crippen MR) is 131 cm³/mol. The molecule has 0 bridgehead atoms. The van der Waals surface area contributed by atoms with E-state index in [1.165, 1.54) is 36.9 Å². The van der Waals surface area contributed by atoms with Crippen LogP contribution in [0.1, 0.15) is 91.2 Å². The van der Waals surface area contributed by atoms with Crippen LogP contribution in [0.5, 0.6) is 0 Å². The summed E-state index contributed by atoms with van der Waals surface area (Å²) < 4.78 is 0. The molecule has 5 heteroatoms. The van der Waals surface area contributed by atoms with Crippen molar-refractivity contribution in [3.05, 3.63) is 35.4 Å². The average molecular weight is 442 g/mol. The van der Waals surface area contributed by atoms with Crippen LogP contribution in [0.2, 0.25) is 0 Å². The third-order valence-electron chi connectivity index (χ3n) is 8.08. The van der Waals surface area contributed by atoms with Crippen molar-refractivity contribution in [1.82, 2.24) is 15.1 Å². The minimum atomic E-state index is -0.390. The quantitative estimate of drug-likeness (QED) is 0.723. The largest absolute Gasteiger partial charge is 0.348 e. The Morgan fingerprint density at radius 1 is 1.19 bits per heavy atom. The van der Waals surface area contributed by atoms with Gasteiger partial charge in [0.05, 0.1) is 6.04 Å². The number of fused-ring (bicyclic) bond motifs is 2. The van der Waals surface area contributed by atoms with Gasteiger partial charge in [0.15, 0.2) is 0 Å². The first-order valence-electron chi connectivity index (χ1n) is 12.6. The third-order valence-corrected chi connectivity index (χ3v) is 8.08. The van der Waals surface area contributed by atoms with Gasteiger partial charge in [-0.15, -0.1) is 0 Å². The molecule has 1 spiro atoms. The number of hydrogen-bond acceptors (Lipinski definition) is 3. The van der Waals surface area contributed by atoms with Gasteiger partial charge in [0, 0.05) is 14.4 Å². The number of piperidine rings is 1. The van der Waals surface area contributed by atoms with Crippen molar-refractivity contribution in [2.75, 3.05) is 26.2 Å². The molecule has 4 rings (SSSR count). The second-order valence-corrected chi connectivity index (χ2v) is 11.5. The van der Waals surface area contributed by atoms with Gasteiger partial charge < -0.3 is 15.1 Å². The topological polar surface area (TPSA) is 52.7 Å². The van der Waals surface area contributed by atoms with Gasteiger partial charge in [0.1, 0.15) is 6.04 Å². The van der Waals surface area contributed by atoms with Crippen LogP contribution in [0, 0.1) is 5.41 Å². The monoisotopic (exact) mass is 441 g/mol. The summed E-state index contributed by atoms with van der Waals surface area (Å²) in [7, 11) is 0. The molecule has 32 heavy (non-hydrogen) atoms. The van der Waals surface area contributed by atoms with Gasteiger partial charge in [-0.3, -0.25) is 9.59 Å². The van der Waals surface area contributed by atoms with Crippen LogP contribution in [0.15, 0.2) is 24.3 Å². The zero-order valence-electron chi connectivity index (χ0n) is 20.5. The van der Waals surface area contributed by atoms with Gasteiger partial charge >= 0.3 is 0 Å². The third kappa shape index (κ3) is 4.88. The molecule has 2 heterocycles. The molecular formula is C27H43N3O2. The maximum Gasteiger partial charge on any atom is 0.242 e. The molecule has 2 aliphatic heterocycles. The van der Waals surface area contributed by atoms with E-state index in [-0.39, 0.29) is 30.7 Å². The van der Waals surface area contributed by atoms with E-state index in [4.69, 9.17) is 0 Å². The summed E-state index contributed by atoms with van der Waals surface area (Å²) in [5, 5.41) is 3.30. The number of likely N-dealkylation sites (tertiary alicyclic amines) is 2.